The van der Waals surface area contributed by atoms with Gasteiger partial charge in [-0.1, -0.05) is 49.4 Å². The first-order chi connectivity index (χ1) is 13.5. The second-order valence-electron chi connectivity index (χ2n) is 6.16. The minimum atomic E-state index is -3.37. The van der Waals surface area contributed by atoms with Crippen LogP contribution in [-0.2, 0) is 16.4 Å². The van der Waals surface area contributed by atoms with Crippen LogP contribution in [0.15, 0.2) is 82.7 Å². The van der Waals surface area contributed by atoms with Crippen molar-refractivity contribution in [2.75, 3.05) is 5.75 Å². The van der Waals surface area contributed by atoms with Gasteiger partial charge in [-0.15, -0.1) is 0 Å². The summed E-state index contributed by atoms with van der Waals surface area (Å²) in [6.07, 6.45) is 1.56. The minimum Gasteiger partial charge on any atom is -0.506 e. The van der Waals surface area contributed by atoms with E-state index >= 15 is 0 Å². The highest BCUT2D eigenvalue weighted by molar-refractivity contribution is 7.91. The predicted octanol–water partition coefficient (Wildman–Crippen LogP) is 4.52. The summed E-state index contributed by atoms with van der Waals surface area (Å²) in [4.78, 5) is 4.39. The lowest BCUT2D eigenvalue weighted by Gasteiger charge is -2.07. The van der Waals surface area contributed by atoms with Crippen molar-refractivity contribution in [1.29, 1.82) is 0 Å². The maximum absolute atomic E-state index is 12.0. The van der Waals surface area contributed by atoms with E-state index in [1.54, 1.807) is 13.1 Å². The van der Waals surface area contributed by atoms with Crippen LogP contribution < -0.4 is 4.74 Å². The predicted molar refractivity (Wildman–Crippen MR) is 110 cm³/mol. The molecule has 0 atom stereocenters. The molecular formula is C22H21NO4S. The van der Waals surface area contributed by atoms with E-state index in [1.165, 1.54) is 18.2 Å². The molecule has 3 aromatic carbocycles. The number of ether oxygens (including phenoxy) is 1. The van der Waals surface area contributed by atoms with E-state index in [0.717, 1.165) is 11.1 Å². The van der Waals surface area contributed by atoms with E-state index in [4.69, 9.17) is 4.74 Å². The van der Waals surface area contributed by atoms with Crippen LogP contribution in [0.4, 0.5) is 5.69 Å². The highest BCUT2D eigenvalue weighted by atomic mass is 32.2. The SMILES string of the molecule is CCS(=O)(=O)c1ccc(O)c(N=Cc2cccc(OCc3ccccc3)c2)c1. The Morgan fingerprint density at radius 2 is 1.79 bits per heavy atom. The van der Waals surface area contributed by atoms with E-state index in [2.05, 4.69) is 4.99 Å². The van der Waals surface area contributed by atoms with Crippen LogP contribution in [-0.4, -0.2) is 25.5 Å². The molecule has 144 valence electrons. The molecule has 0 amide bonds. The zero-order valence-corrected chi connectivity index (χ0v) is 16.3. The Morgan fingerprint density at radius 3 is 2.54 bits per heavy atom. The Hall–Kier alpha value is -3.12. The maximum Gasteiger partial charge on any atom is 0.178 e. The van der Waals surface area contributed by atoms with Gasteiger partial charge in [0.2, 0.25) is 0 Å². The molecule has 0 aliphatic rings. The lowest BCUT2D eigenvalue weighted by atomic mass is 10.2. The molecular weight excluding hydrogens is 374 g/mol. The largest absolute Gasteiger partial charge is 0.506 e. The molecule has 5 nitrogen and oxygen atoms in total. The van der Waals surface area contributed by atoms with Gasteiger partial charge < -0.3 is 9.84 Å². The van der Waals surface area contributed by atoms with Crippen LogP contribution in [0.3, 0.4) is 0 Å². The summed E-state index contributed by atoms with van der Waals surface area (Å²) in [5.74, 6) is 0.601. The summed E-state index contributed by atoms with van der Waals surface area (Å²) in [5.41, 5.74) is 2.04. The first-order valence-corrected chi connectivity index (χ1v) is 10.5. The Bertz CT molecular complexity index is 1080. The molecule has 0 saturated heterocycles. The normalized spacial score (nSPS) is 11.6. The Labute approximate surface area is 164 Å². The number of hydrogen-bond acceptors (Lipinski definition) is 5. The molecule has 1 N–H and O–H groups in total. The zero-order chi connectivity index (χ0) is 20.0. The standard InChI is InChI=1S/C22H21NO4S/c1-2-28(25,26)20-11-12-22(24)21(14-20)23-15-18-9-6-10-19(13-18)27-16-17-7-4-3-5-8-17/h3-15,24H,2,16H2,1H3. The number of aromatic hydroxyl groups is 1. The van der Waals surface area contributed by atoms with Crippen molar-refractivity contribution in [3.63, 3.8) is 0 Å². The molecule has 0 bridgehead atoms. The van der Waals surface area contributed by atoms with Gasteiger partial charge in [-0.3, -0.25) is 4.99 Å². The summed E-state index contributed by atoms with van der Waals surface area (Å²) < 4.78 is 29.8. The average Bonchev–Trinajstić information content (AvgIpc) is 2.72. The van der Waals surface area contributed by atoms with E-state index in [9.17, 15) is 13.5 Å². The smallest absolute Gasteiger partial charge is 0.178 e. The van der Waals surface area contributed by atoms with Crippen molar-refractivity contribution in [2.45, 2.75) is 18.4 Å². The fourth-order valence-electron chi connectivity index (χ4n) is 2.54. The lowest BCUT2D eigenvalue weighted by molar-refractivity contribution is 0.306. The number of phenols is 1. The summed E-state index contributed by atoms with van der Waals surface area (Å²) in [5, 5.41) is 9.98. The van der Waals surface area contributed by atoms with Gasteiger partial charge in [0.15, 0.2) is 9.84 Å². The summed E-state index contributed by atoms with van der Waals surface area (Å²) >= 11 is 0. The van der Waals surface area contributed by atoms with Crippen molar-refractivity contribution in [3.05, 3.63) is 83.9 Å². The van der Waals surface area contributed by atoms with E-state index in [1.807, 2.05) is 54.6 Å². The monoisotopic (exact) mass is 395 g/mol. The molecule has 0 unspecified atom stereocenters. The van der Waals surface area contributed by atoms with E-state index in [0.29, 0.717) is 12.4 Å². The average molecular weight is 395 g/mol. The zero-order valence-electron chi connectivity index (χ0n) is 15.4. The molecule has 0 radical (unpaired) electrons. The van der Waals surface area contributed by atoms with Crippen molar-refractivity contribution in [2.24, 2.45) is 4.99 Å². The van der Waals surface area contributed by atoms with Crippen LogP contribution >= 0.6 is 0 Å². The van der Waals surface area contributed by atoms with Crippen molar-refractivity contribution in [1.82, 2.24) is 0 Å². The van der Waals surface area contributed by atoms with Gasteiger partial charge in [-0.25, -0.2) is 8.42 Å². The van der Waals surface area contributed by atoms with Gasteiger partial charge in [-0.2, -0.15) is 0 Å². The molecule has 0 aliphatic heterocycles. The van der Waals surface area contributed by atoms with Gasteiger partial charge in [0.1, 0.15) is 23.8 Å². The summed E-state index contributed by atoms with van der Waals surface area (Å²) in [6, 6.07) is 21.3. The van der Waals surface area contributed by atoms with Gasteiger partial charge in [0, 0.05) is 6.21 Å². The number of rotatable bonds is 7. The molecule has 3 aromatic rings. The summed E-state index contributed by atoms with van der Waals surface area (Å²) in [6.45, 7) is 2.03. The molecule has 0 aromatic heterocycles. The van der Waals surface area contributed by atoms with Gasteiger partial charge >= 0.3 is 0 Å². The third-order valence-corrected chi connectivity index (χ3v) is 5.88. The van der Waals surface area contributed by atoms with Crippen molar-refractivity contribution >= 4 is 21.7 Å². The van der Waals surface area contributed by atoms with Gasteiger partial charge in [-0.05, 0) is 41.5 Å². The van der Waals surface area contributed by atoms with Crippen LogP contribution in [0.2, 0.25) is 0 Å². The Morgan fingerprint density at radius 1 is 1.00 bits per heavy atom. The molecule has 0 saturated carbocycles. The van der Waals surface area contributed by atoms with Crippen LogP contribution in [0.1, 0.15) is 18.1 Å². The number of hydrogen-bond donors (Lipinski definition) is 1. The van der Waals surface area contributed by atoms with Crippen molar-refractivity contribution in [3.8, 4) is 11.5 Å². The Balaban J connectivity index is 1.77. The first kappa shape index (κ1) is 19.6. The molecule has 0 spiro atoms. The van der Waals surface area contributed by atoms with Gasteiger partial charge in [0.25, 0.3) is 0 Å². The fraction of sp³-hybridized carbons (Fsp3) is 0.136. The number of aliphatic imine (C=N–C) groups is 1. The Kier molecular flexibility index (Phi) is 6.11. The van der Waals surface area contributed by atoms with Crippen LogP contribution in [0.5, 0.6) is 11.5 Å². The molecule has 3 rings (SSSR count). The number of sulfone groups is 1. The molecule has 0 aliphatic carbocycles. The van der Waals surface area contributed by atoms with E-state index in [-0.39, 0.29) is 22.1 Å². The lowest BCUT2D eigenvalue weighted by Crippen LogP contribution is -2.03. The molecule has 6 heteroatoms. The minimum absolute atomic E-state index is 0.0122. The van der Waals surface area contributed by atoms with E-state index < -0.39 is 9.84 Å². The third-order valence-electron chi connectivity index (χ3n) is 4.15. The molecule has 0 fully saturated rings. The maximum atomic E-state index is 12.0. The number of benzene rings is 3. The van der Waals surface area contributed by atoms with Crippen molar-refractivity contribution < 1.29 is 18.3 Å². The van der Waals surface area contributed by atoms with Gasteiger partial charge in [0.05, 0.1) is 10.6 Å². The quantitative estimate of drug-likeness (QED) is 0.597. The highest BCUT2D eigenvalue weighted by Crippen LogP contribution is 2.29. The second-order valence-corrected chi connectivity index (χ2v) is 8.44. The first-order valence-electron chi connectivity index (χ1n) is 8.84. The van der Waals surface area contributed by atoms with Crippen LogP contribution in [0.25, 0.3) is 0 Å². The number of nitrogens with zero attached hydrogens (tertiary/aromatic N) is 1. The molecule has 28 heavy (non-hydrogen) atoms. The second kappa shape index (κ2) is 8.71. The third kappa shape index (κ3) is 4.98. The molecule has 0 heterocycles. The highest BCUT2D eigenvalue weighted by Gasteiger charge is 2.13. The number of phenolic OH excluding ortho intramolecular Hbond substituents is 1. The fourth-order valence-corrected chi connectivity index (χ4v) is 3.44. The van der Waals surface area contributed by atoms with Crippen LogP contribution in [0, 0.1) is 0 Å². The summed E-state index contributed by atoms with van der Waals surface area (Å²) in [7, 11) is -3.37. The topological polar surface area (TPSA) is 76.0 Å².